The minimum atomic E-state index is 0.556. The number of aryl methyl sites for hydroxylation is 1. The van der Waals surface area contributed by atoms with Gasteiger partial charge in [0, 0.05) is 24.3 Å². The molecule has 2 aliphatic rings. The largest absolute Gasteiger partial charge is 0.310 e. The lowest BCUT2D eigenvalue weighted by Gasteiger charge is -2.26. The predicted octanol–water partition coefficient (Wildman–Crippen LogP) is 3.36. The zero-order valence-electron chi connectivity index (χ0n) is 12.2. The summed E-state index contributed by atoms with van der Waals surface area (Å²) in [6, 6.07) is 0.556. The van der Waals surface area contributed by atoms with Crippen LogP contribution >= 0.6 is 0 Å². The molecule has 1 N–H and O–H groups in total. The van der Waals surface area contributed by atoms with Crippen LogP contribution in [0.15, 0.2) is 6.20 Å². The van der Waals surface area contributed by atoms with Crippen LogP contribution in [0.3, 0.4) is 0 Å². The Morgan fingerprint density at radius 1 is 1.16 bits per heavy atom. The van der Waals surface area contributed by atoms with Crippen LogP contribution in [0, 0.1) is 5.92 Å². The molecule has 1 aromatic heterocycles. The molecule has 1 atom stereocenters. The molecule has 1 heterocycles. The first-order valence-corrected chi connectivity index (χ1v) is 8.09. The molecular formula is C16H27N3. The van der Waals surface area contributed by atoms with E-state index in [1.165, 1.54) is 75.6 Å². The van der Waals surface area contributed by atoms with Gasteiger partial charge >= 0.3 is 0 Å². The summed E-state index contributed by atoms with van der Waals surface area (Å²) >= 11 is 0. The van der Waals surface area contributed by atoms with Crippen LogP contribution in [-0.4, -0.2) is 16.3 Å². The van der Waals surface area contributed by atoms with E-state index in [1.807, 2.05) is 0 Å². The second-order valence-corrected chi connectivity index (χ2v) is 6.38. The zero-order chi connectivity index (χ0) is 13.1. The molecule has 1 aromatic rings. The van der Waals surface area contributed by atoms with Crippen LogP contribution in [-0.2, 0) is 13.5 Å². The third kappa shape index (κ3) is 3.02. The van der Waals surface area contributed by atoms with Gasteiger partial charge in [-0.1, -0.05) is 25.7 Å². The Labute approximate surface area is 116 Å². The maximum atomic E-state index is 4.43. The monoisotopic (exact) mass is 261 g/mol. The van der Waals surface area contributed by atoms with Gasteiger partial charge in [0.2, 0.25) is 0 Å². The Kier molecular flexibility index (Phi) is 4.21. The summed E-state index contributed by atoms with van der Waals surface area (Å²) in [7, 11) is 2.08. The van der Waals surface area contributed by atoms with Gasteiger partial charge in [-0.25, -0.2) is 0 Å². The number of nitrogens with one attached hydrogen (secondary N) is 1. The number of aromatic nitrogens is 2. The smallest absolute Gasteiger partial charge is 0.0540 e. The van der Waals surface area contributed by atoms with Crippen LogP contribution in [0.4, 0.5) is 0 Å². The Bertz CT molecular complexity index is 402. The molecule has 0 aliphatic heterocycles. The third-order valence-electron chi connectivity index (χ3n) is 5.00. The molecule has 0 saturated heterocycles. The summed E-state index contributed by atoms with van der Waals surface area (Å²) in [6.07, 6.45) is 14.5. The number of nitrogens with zero attached hydrogens (tertiary/aromatic N) is 2. The zero-order valence-corrected chi connectivity index (χ0v) is 12.2. The van der Waals surface area contributed by atoms with E-state index < -0.39 is 0 Å². The van der Waals surface area contributed by atoms with Gasteiger partial charge in [0.1, 0.15) is 0 Å². The predicted molar refractivity (Wildman–Crippen MR) is 78.1 cm³/mol. The Morgan fingerprint density at radius 2 is 1.95 bits per heavy atom. The van der Waals surface area contributed by atoms with Gasteiger partial charge < -0.3 is 5.32 Å². The number of hydrogen-bond acceptors (Lipinski definition) is 2. The van der Waals surface area contributed by atoms with Crippen molar-refractivity contribution in [2.75, 3.05) is 6.54 Å². The summed E-state index contributed by atoms with van der Waals surface area (Å²) < 4.78 is 2.06. The van der Waals surface area contributed by atoms with Crippen LogP contribution in [0.2, 0.25) is 0 Å². The van der Waals surface area contributed by atoms with Crippen molar-refractivity contribution in [2.24, 2.45) is 13.0 Å². The van der Waals surface area contributed by atoms with Crippen molar-refractivity contribution in [3.63, 3.8) is 0 Å². The molecule has 1 fully saturated rings. The fourth-order valence-electron chi connectivity index (χ4n) is 3.80. The maximum Gasteiger partial charge on any atom is 0.0540 e. The molecule has 0 amide bonds. The topological polar surface area (TPSA) is 29.9 Å². The summed E-state index contributed by atoms with van der Waals surface area (Å²) in [5, 5.41) is 8.27. The molecule has 0 spiro atoms. The van der Waals surface area contributed by atoms with E-state index >= 15 is 0 Å². The molecule has 3 rings (SSSR count). The van der Waals surface area contributed by atoms with Crippen molar-refractivity contribution in [3.05, 3.63) is 17.5 Å². The average molecular weight is 261 g/mol. The maximum absolute atomic E-state index is 4.43. The van der Waals surface area contributed by atoms with Crippen LogP contribution in [0.1, 0.15) is 68.7 Å². The van der Waals surface area contributed by atoms with Crippen molar-refractivity contribution in [1.82, 2.24) is 15.1 Å². The molecule has 0 aromatic carbocycles. The highest BCUT2D eigenvalue weighted by Gasteiger charge is 2.23. The lowest BCUT2D eigenvalue weighted by Crippen LogP contribution is -2.29. The Morgan fingerprint density at radius 3 is 2.74 bits per heavy atom. The second kappa shape index (κ2) is 6.08. The molecule has 1 unspecified atom stereocenters. The van der Waals surface area contributed by atoms with E-state index in [-0.39, 0.29) is 0 Å². The summed E-state index contributed by atoms with van der Waals surface area (Å²) in [4.78, 5) is 0. The van der Waals surface area contributed by atoms with Crippen molar-refractivity contribution in [2.45, 2.75) is 63.8 Å². The fraction of sp³-hybridized carbons (Fsp3) is 0.812. The van der Waals surface area contributed by atoms with Crippen LogP contribution in [0.25, 0.3) is 0 Å². The van der Waals surface area contributed by atoms with Gasteiger partial charge in [-0.3, -0.25) is 4.68 Å². The SMILES string of the molecule is Cn1ncc2c1CCCC2NCC1CCCCCC1. The fourth-order valence-corrected chi connectivity index (χ4v) is 3.80. The second-order valence-electron chi connectivity index (χ2n) is 6.38. The van der Waals surface area contributed by atoms with Gasteiger partial charge in [-0.05, 0) is 44.6 Å². The molecular weight excluding hydrogens is 234 g/mol. The highest BCUT2D eigenvalue weighted by atomic mass is 15.3. The van der Waals surface area contributed by atoms with E-state index in [0.717, 1.165) is 5.92 Å². The molecule has 3 heteroatoms. The van der Waals surface area contributed by atoms with Crippen molar-refractivity contribution >= 4 is 0 Å². The van der Waals surface area contributed by atoms with E-state index in [4.69, 9.17) is 0 Å². The minimum absolute atomic E-state index is 0.556. The summed E-state index contributed by atoms with van der Waals surface area (Å²) in [5.41, 5.74) is 2.91. The van der Waals surface area contributed by atoms with Gasteiger partial charge in [-0.15, -0.1) is 0 Å². The van der Waals surface area contributed by atoms with E-state index in [0.29, 0.717) is 6.04 Å². The van der Waals surface area contributed by atoms with Crippen molar-refractivity contribution < 1.29 is 0 Å². The Hall–Kier alpha value is -0.830. The first-order valence-electron chi connectivity index (χ1n) is 8.09. The van der Waals surface area contributed by atoms with Gasteiger partial charge in [0.05, 0.1) is 6.20 Å². The van der Waals surface area contributed by atoms with Gasteiger partial charge in [-0.2, -0.15) is 5.10 Å². The molecule has 2 aliphatic carbocycles. The number of rotatable bonds is 3. The van der Waals surface area contributed by atoms with Crippen LogP contribution < -0.4 is 5.32 Å². The molecule has 1 saturated carbocycles. The van der Waals surface area contributed by atoms with Gasteiger partial charge in [0.15, 0.2) is 0 Å². The molecule has 19 heavy (non-hydrogen) atoms. The van der Waals surface area contributed by atoms with Gasteiger partial charge in [0.25, 0.3) is 0 Å². The molecule has 0 bridgehead atoms. The Balaban J connectivity index is 1.58. The normalized spacial score (nSPS) is 25.0. The molecule has 106 valence electrons. The lowest BCUT2D eigenvalue weighted by atomic mass is 9.92. The first-order chi connectivity index (χ1) is 9.34. The molecule has 0 radical (unpaired) electrons. The highest BCUT2D eigenvalue weighted by Crippen LogP contribution is 2.30. The lowest BCUT2D eigenvalue weighted by molar-refractivity contribution is 0.371. The van der Waals surface area contributed by atoms with E-state index in [2.05, 4.69) is 28.3 Å². The van der Waals surface area contributed by atoms with E-state index in [9.17, 15) is 0 Å². The summed E-state index contributed by atoms with van der Waals surface area (Å²) in [6.45, 7) is 1.21. The first kappa shape index (κ1) is 13.2. The number of hydrogen-bond donors (Lipinski definition) is 1. The van der Waals surface area contributed by atoms with Crippen molar-refractivity contribution in [3.8, 4) is 0 Å². The average Bonchev–Trinajstić information content (AvgIpc) is 2.66. The highest BCUT2D eigenvalue weighted by molar-refractivity contribution is 5.24. The summed E-state index contributed by atoms with van der Waals surface area (Å²) in [5.74, 6) is 0.907. The quantitative estimate of drug-likeness (QED) is 0.846. The minimum Gasteiger partial charge on any atom is -0.310 e. The molecule has 3 nitrogen and oxygen atoms in total. The van der Waals surface area contributed by atoms with E-state index in [1.54, 1.807) is 0 Å². The van der Waals surface area contributed by atoms with Crippen LogP contribution in [0.5, 0.6) is 0 Å². The standard InChI is InChI=1S/C16H27N3/c1-19-16-10-6-9-15(14(16)12-18-19)17-11-13-7-4-2-3-5-8-13/h12-13,15,17H,2-11H2,1H3. The van der Waals surface area contributed by atoms with Crippen molar-refractivity contribution in [1.29, 1.82) is 0 Å². The third-order valence-corrected chi connectivity index (χ3v) is 5.00. The number of fused-ring (bicyclic) bond motifs is 1.